The van der Waals surface area contributed by atoms with Crippen LogP contribution in [0.2, 0.25) is 0 Å². The second kappa shape index (κ2) is 6.32. The maximum atomic E-state index is 12.5. The number of thiophene rings is 1. The van der Waals surface area contributed by atoms with Crippen molar-refractivity contribution in [1.29, 1.82) is 0 Å². The van der Waals surface area contributed by atoms with Gasteiger partial charge in [-0.3, -0.25) is 19.0 Å². The third-order valence-electron chi connectivity index (χ3n) is 4.42. The highest BCUT2D eigenvalue weighted by molar-refractivity contribution is 7.14. The van der Waals surface area contributed by atoms with Crippen LogP contribution < -0.4 is 5.56 Å². The van der Waals surface area contributed by atoms with Crippen LogP contribution in [0.15, 0.2) is 17.2 Å². The fourth-order valence-electron chi connectivity index (χ4n) is 2.76. The lowest BCUT2D eigenvalue weighted by atomic mass is 10.1. The number of amides is 1. The molecule has 126 valence electrons. The van der Waals surface area contributed by atoms with Crippen LogP contribution in [0.1, 0.15) is 38.3 Å². The van der Waals surface area contributed by atoms with E-state index < -0.39 is 0 Å². The Labute approximate surface area is 143 Å². The minimum Gasteiger partial charge on any atom is -0.338 e. The number of fused-ring (bicyclic) bond motifs is 1. The molecule has 1 aliphatic rings. The zero-order valence-electron chi connectivity index (χ0n) is 14.0. The average Bonchev–Trinajstić information content (AvgIpc) is 2.98. The molecule has 3 rings (SSSR count). The first kappa shape index (κ1) is 16.6. The zero-order chi connectivity index (χ0) is 17.4. The topological polar surface area (TPSA) is 72.3 Å². The predicted molar refractivity (Wildman–Crippen MR) is 91.4 cm³/mol. The molecule has 3 heterocycles. The van der Waals surface area contributed by atoms with Gasteiger partial charge in [-0.15, -0.1) is 11.3 Å². The molecule has 0 aromatic carbocycles. The van der Waals surface area contributed by atoms with Crippen LogP contribution in [0.5, 0.6) is 0 Å². The van der Waals surface area contributed by atoms with E-state index in [0.717, 1.165) is 16.9 Å². The van der Waals surface area contributed by atoms with Crippen molar-refractivity contribution in [3.05, 3.63) is 49.3 Å². The number of hydrogen-bond acceptors (Lipinski definition) is 5. The van der Waals surface area contributed by atoms with Gasteiger partial charge in [0.1, 0.15) is 0 Å². The van der Waals surface area contributed by atoms with E-state index in [-0.39, 0.29) is 23.8 Å². The predicted octanol–water partition coefficient (Wildman–Crippen LogP) is 1.71. The number of ketones is 1. The van der Waals surface area contributed by atoms with Gasteiger partial charge in [-0.05, 0) is 31.9 Å². The molecule has 0 atom stereocenters. The summed E-state index contributed by atoms with van der Waals surface area (Å²) in [6, 6.07) is 1.86. The van der Waals surface area contributed by atoms with Crippen LogP contribution in [0.4, 0.5) is 0 Å². The highest BCUT2D eigenvalue weighted by Gasteiger charge is 2.23. The van der Waals surface area contributed by atoms with Gasteiger partial charge < -0.3 is 4.90 Å². The number of hydrogen-bond donors (Lipinski definition) is 0. The van der Waals surface area contributed by atoms with Gasteiger partial charge in [0.2, 0.25) is 5.91 Å². The molecule has 0 bridgehead atoms. The van der Waals surface area contributed by atoms with E-state index in [4.69, 9.17) is 0 Å². The third kappa shape index (κ3) is 3.03. The SMILES string of the molecule is CC(=O)N1CCc2sc(C(=O)Cn3cnc(C)c(C)c3=O)cc2C1. The van der Waals surface area contributed by atoms with Gasteiger partial charge in [-0.25, -0.2) is 4.98 Å². The van der Waals surface area contributed by atoms with E-state index in [9.17, 15) is 14.4 Å². The van der Waals surface area contributed by atoms with Crippen LogP contribution >= 0.6 is 11.3 Å². The molecule has 1 amide bonds. The molecule has 6 nitrogen and oxygen atoms in total. The van der Waals surface area contributed by atoms with E-state index in [1.54, 1.807) is 25.7 Å². The van der Waals surface area contributed by atoms with Crippen molar-refractivity contribution >= 4 is 23.0 Å². The molecule has 2 aromatic rings. The summed E-state index contributed by atoms with van der Waals surface area (Å²) in [6.07, 6.45) is 2.20. The molecule has 7 heteroatoms. The molecule has 2 aromatic heterocycles. The number of rotatable bonds is 3. The van der Waals surface area contributed by atoms with Crippen LogP contribution in [-0.2, 0) is 24.3 Å². The smallest absolute Gasteiger partial charge is 0.256 e. The molecule has 0 saturated heterocycles. The Hall–Kier alpha value is -2.28. The normalized spacial score (nSPS) is 13.7. The minimum atomic E-state index is -0.181. The first-order chi connectivity index (χ1) is 11.4. The molecule has 24 heavy (non-hydrogen) atoms. The van der Waals surface area contributed by atoms with Gasteiger partial charge in [-0.2, -0.15) is 0 Å². The van der Waals surface area contributed by atoms with Crippen molar-refractivity contribution in [1.82, 2.24) is 14.5 Å². The van der Waals surface area contributed by atoms with Gasteiger partial charge >= 0.3 is 0 Å². The fourth-order valence-corrected chi connectivity index (χ4v) is 3.85. The fraction of sp³-hybridized carbons (Fsp3) is 0.412. The monoisotopic (exact) mass is 345 g/mol. The molecular formula is C17H19N3O3S. The van der Waals surface area contributed by atoms with Gasteiger partial charge in [0.05, 0.1) is 17.7 Å². The molecule has 0 fully saturated rings. The van der Waals surface area contributed by atoms with Crippen molar-refractivity contribution in [3.8, 4) is 0 Å². The lowest BCUT2D eigenvalue weighted by Crippen LogP contribution is -2.33. The summed E-state index contributed by atoms with van der Waals surface area (Å²) in [4.78, 5) is 44.0. The Bertz CT molecular complexity index is 882. The Balaban J connectivity index is 1.81. The van der Waals surface area contributed by atoms with E-state index in [2.05, 4.69) is 4.98 Å². The summed E-state index contributed by atoms with van der Waals surface area (Å²) in [7, 11) is 0. The lowest BCUT2D eigenvalue weighted by molar-refractivity contribution is -0.129. The van der Waals surface area contributed by atoms with Crippen molar-refractivity contribution in [2.45, 2.75) is 40.3 Å². The summed E-state index contributed by atoms with van der Waals surface area (Å²) in [5, 5.41) is 0. The molecule has 0 spiro atoms. The van der Waals surface area contributed by atoms with Gasteiger partial charge in [-0.1, -0.05) is 0 Å². The highest BCUT2D eigenvalue weighted by atomic mass is 32.1. The minimum absolute atomic E-state index is 0.0111. The van der Waals surface area contributed by atoms with Gasteiger partial charge in [0.15, 0.2) is 5.78 Å². The maximum absolute atomic E-state index is 12.5. The number of Topliss-reactive ketones (excluding diaryl/α,β-unsaturated/α-hetero) is 1. The third-order valence-corrected chi connectivity index (χ3v) is 5.69. The highest BCUT2D eigenvalue weighted by Crippen LogP contribution is 2.28. The lowest BCUT2D eigenvalue weighted by Gasteiger charge is -2.25. The standard InChI is InChI=1S/C17H19N3O3S/c1-10-11(2)18-9-20(17(10)23)8-14(22)16-6-13-7-19(12(3)21)5-4-15(13)24-16/h6,9H,4-5,7-8H2,1-3H3. The van der Waals surface area contributed by atoms with Gasteiger partial charge in [0, 0.05) is 36.1 Å². The Morgan fingerprint density at radius 1 is 1.33 bits per heavy atom. The maximum Gasteiger partial charge on any atom is 0.256 e. The Morgan fingerprint density at radius 2 is 2.08 bits per heavy atom. The summed E-state index contributed by atoms with van der Waals surface area (Å²) >= 11 is 1.47. The molecule has 0 radical (unpaired) electrons. The number of carbonyl (C=O) groups excluding carboxylic acids is 2. The zero-order valence-corrected chi connectivity index (χ0v) is 14.8. The summed E-state index contributed by atoms with van der Waals surface area (Å²) < 4.78 is 1.35. The largest absolute Gasteiger partial charge is 0.338 e. The molecule has 0 unspecified atom stereocenters. The molecule has 0 saturated carbocycles. The number of nitrogens with zero attached hydrogens (tertiary/aromatic N) is 3. The van der Waals surface area contributed by atoms with Crippen LogP contribution in [0.3, 0.4) is 0 Å². The second-order valence-corrected chi connectivity index (χ2v) is 7.20. The van der Waals surface area contributed by atoms with E-state index >= 15 is 0 Å². The molecule has 1 aliphatic heterocycles. The van der Waals surface area contributed by atoms with Crippen molar-refractivity contribution in [3.63, 3.8) is 0 Å². The van der Waals surface area contributed by atoms with E-state index in [0.29, 0.717) is 29.2 Å². The second-order valence-electron chi connectivity index (χ2n) is 6.06. The summed E-state index contributed by atoms with van der Waals surface area (Å²) in [6.45, 7) is 6.28. The Kier molecular flexibility index (Phi) is 4.36. The first-order valence-corrected chi connectivity index (χ1v) is 8.61. The summed E-state index contributed by atoms with van der Waals surface area (Å²) in [5.74, 6) is -0.0524. The van der Waals surface area contributed by atoms with Crippen LogP contribution in [0, 0.1) is 13.8 Å². The van der Waals surface area contributed by atoms with Crippen LogP contribution in [0.25, 0.3) is 0 Å². The average molecular weight is 345 g/mol. The van der Waals surface area contributed by atoms with Crippen molar-refractivity contribution in [2.75, 3.05) is 6.54 Å². The van der Waals surface area contributed by atoms with E-state index in [1.165, 1.54) is 22.2 Å². The first-order valence-electron chi connectivity index (χ1n) is 7.79. The van der Waals surface area contributed by atoms with Gasteiger partial charge in [0.25, 0.3) is 5.56 Å². The number of aromatic nitrogens is 2. The van der Waals surface area contributed by atoms with Crippen molar-refractivity contribution in [2.24, 2.45) is 0 Å². The summed E-state index contributed by atoms with van der Waals surface area (Å²) in [5.41, 5.74) is 2.10. The molecule has 0 aliphatic carbocycles. The molecule has 0 N–H and O–H groups in total. The quantitative estimate of drug-likeness (QED) is 0.794. The molecular weight excluding hydrogens is 326 g/mol. The van der Waals surface area contributed by atoms with Crippen LogP contribution in [-0.4, -0.2) is 32.7 Å². The van der Waals surface area contributed by atoms with Crippen molar-refractivity contribution < 1.29 is 9.59 Å². The number of aryl methyl sites for hydroxylation is 1. The number of carbonyl (C=O) groups is 2. The van der Waals surface area contributed by atoms with E-state index in [1.807, 2.05) is 6.07 Å². The Morgan fingerprint density at radius 3 is 2.79 bits per heavy atom.